The van der Waals surface area contributed by atoms with Gasteiger partial charge >= 0.3 is 0 Å². The maximum absolute atomic E-state index is 14.4. The van der Waals surface area contributed by atoms with Crippen LogP contribution in [0.5, 0.6) is 5.75 Å². The summed E-state index contributed by atoms with van der Waals surface area (Å²) in [4.78, 5) is 0. The van der Waals surface area contributed by atoms with Crippen LogP contribution in [0.4, 0.5) is 4.39 Å². The summed E-state index contributed by atoms with van der Waals surface area (Å²) in [7, 11) is 1.56. The minimum atomic E-state index is -0.468. The third kappa shape index (κ3) is 2.16. The maximum atomic E-state index is 14.4. The monoisotopic (exact) mass is 269 g/mol. The lowest BCUT2D eigenvalue weighted by atomic mass is 10.1. The lowest BCUT2D eigenvalue weighted by Crippen LogP contribution is -1.86. The molecular formula is C16H12FNO2. The van der Waals surface area contributed by atoms with E-state index in [2.05, 4.69) is 5.16 Å². The zero-order valence-corrected chi connectivity index (χ0v) is 10.8. The van der Waals surface area contributed by atoms with E-state index in [0.29, 0.717) is 16.9 Å². The fourth-order valence-electron chi connectivity index (χ4n) is 2.00. The second-order valence-corrected chi connectivity index (χ2v) is 4.27. The molecular weight excluding hydrogens is 257 g/mol. The van der Waals surface area contributed by atoms with E-state index in [1.165, 1.54) is 0 Å². The number of methoxy groups -OCH3 is 1. The van der Waals surface area contributed by atoms with Crippen molar-refractivity contribution in [2.24, 2.45) is 0 Å². The highest BCUT2D eigenvalue weighted by Crippen LogP contribution is 2.31. The number of nitrogens with zero attached hydrogens (tertiary/aromatic N) is 1. The molecule has 0 aliphatic heterocycles. The zero-order chi connectivity index (χ0) is 13.9. The summed E-state index contributed by atoms with van der Waals surface area (Å²) in [5.41, 5.74) is 1.46. The average Bonchev–Trinajstić information content (AvgIpc) is 2.90. The maximum Gasteiger partial charge on any atom is 0.203 e. The Balaban J connectivity index is 2.06. The van der Waals surface area contributed by atoms with Gasteiger partial charge in [-0.2, -0.15) is 0 Å². The van der Waals surface area contributed by atoms with Crippen molar-refractivity contribution in [1.82, 2.24) is 5.16 Å². The molecule has 0 N–H and O–H groups in total. The first kappa shape index (κ1) is 12.4. The van der Waals surface area contributed by atoms with Crippen LogP contribution in [0.15, 0.2) is 59.1 Å². The van der Waals surface area contributed by atoms with Gasteiger partial charge in [0.2, 0.25) is 5.76 Å². The molecule has 0 unspecified atom stereocenters. The van der Waals surface area contributed by atoms with E-state index < -0.39 is 5.82 Å². The number of benzene rings is 2. The lowest BCUT2D eigenvalue weighted by Gasteiger charge is -2.01. The molecule has 3 aromatic rings. The van der Waals surface area contributed by atoms with Crippen LogP contribution in [0, 0.1) is 5.82 Å². The highest BCUT2D eigenvalue weighted by Gasteiger charge is 2.19. The van der Waals surface area contributed by atoms with Crippen molar-refractivity contribution < 1.29 is 13.7 Å². The Morgan fingerprint density at radius 2 is 1.75 bits per heavy atom. The number of halogens is 1. The van der Waals surface area contributed by atoms with E-state index in [4.69, 9.17) is 9.26 Å². The van der Waals surface area contributed by atoms with Crippen LogP contribution >= 0.6 is 0 Å². The molecule has 2 aromatic carbocycles. The molecule has 0 saturated carbocycles. The number of aromatic nitrogens is 1. The molecule has 4 heteroatoms. The summed E-state index contributed by atoms with van der Waals surface area (Å²) in [6.07, 6.45) is 0. The van der Waals surface area contributed by atoms with E-state index in [1.54, 1.807) is 43.5 Å². The molecule has 0 spiro atoms. The van der Waals surface area contributed by atoms with Gasteiger partial charge in [0.1, 0.15) is 11.4 Å². The van der Waals surface area contributed by atoms with Crippen LogP contribution in [0.25, 0.3) is 22.6 Å². The van der Waals surface area contributed by atoms with Crippen LogP contribution < -0.4 is 4.74 Å². The molecule has 20 heavy (non-hydrogen) atoms. The quantitative estimate of drug-likeness (QED) is 0.716. The molecule has 100 valence electrons. The Hall–Kier alpha value is -2.62. The molecule has 0 aliphatic rings. The predicted molar refractivity (Wildman–Crippen MR) is 73.9 cm³/mol. The third-order valence-corrected chi connectivity index (χ3v) is 3.01. The van der Waals surface area contributed by atoms with E-state index in [9.17, 15) is 4.39 Å². The third-order valence-electron chi connectivity index (χ3n) is 3.01. The van der Waals surface area contributed by atoms with Gasteiger partial charge in [-0.05, 0) is 12.1 Å². The van der Waals surface area contributed by atoms with Crippen LogP contribution in [-0.2, 0) is 0 Å². The molecule has 1 aromatic heterocycles. The van der Waals surface area contributed by atoms with Crippen molar-refractivity contribution in [3.8, 4) is 28.3 Å². The lowest BCUT2D eigenvalue weighted by molar-refractivity contribution is 0.414. The fraction of sp³-hybridized carbons (Fsp3) is 0.0625. The first-order valence-corrected chi connectivity index (χ1v) is 6.14. The van der Waals surface area contributed by atoms with Crippen LogP contribution in [0.2, 0.25) is 0 Å². The van der Waals surface area contributed by atoms with Crippen LogP contribution in [0.3, 0.4) is 0 Å². The minimum absolute atomic E-state index is 0.142. The Morgan fingerprint density at radius 1 is 1.00 bits per heavy atom. The molecule has 0 radical (unpaired) electrons. The van der Waals surface area contributed by atoms with E-state index in [0.717, 1.165) is 0 Å². The summed E-state index contributed by atoms with van der Waals surface area (Å²) >= 11 is 0. The van der Waals surface area contributed by atoms with Crippen molar-refractivity contribution in [2.45, 2.75) is 0 Å². The Morgan fingerprint density at radius 3 is 2.50 bits per heavy atom. The molecule has 0 amide bonds. The average molecular weight is 269 g/mol. The fourth-order valence-corrected chi connectivity index (χ4v) is 2.00. The molecule has 1 heterocycles. The molecule has 0 fully saturated rings. The van der Waals surface area contributed by atoms with E-state index in [-0.39, 0.29) is 11.5 Å². The van der Waals surface area contributed by atoms with Crippen molar-refractivity contribution in [3.05, 3.63) is 60.4 Å². The highest BCUT2D eigenvalue weighted by atomic mass is 19.1. The summed E-state index contributed by atoms with van der Waals surface area (Å²) < 4.78 is 24.7. The van der Waals surface area contributed by atoms with Gasteiger partial charge in [0.05, 0.1) is 7.11 Å². The van der Waals surface area contributed by atoms with Gasteiger partial charge in [-0.3, -0.25) is 0 Å². The highest BCUT2D eigenvalue weighted by molar-refractivity contribution is 5.68. The number of hydrogen-bond donors (Lipinski definition) is 0. The van der Waals surface area contributed by atoms with Gasteiger partial charge in [-0.25, -0.2) is 4.39 Å². The van der Waals surface area contributed by atoms with Gasteiger partial charge in [0, 0.05) is 11.1 Å². The van der Waals surface area contributed by atoms with E-state index >= 15 is 0 Å². The summed E-state index contributed by atoms with van der Waals surface area (Å²) in [5, 5.41) is 3.83. The number of rotatable bonds is 3. The van der Waals surface area contributed by atoms with E-state index in [1.807, 2.05) is 18.2 Å². The minimum Gasteiger partial charge on any atom is -0.497 e. The first-order chi connectivity index (χ1) is 9.79. The van der Waals surface area contributed by atoms with Crippen molar-refractivity contribution >= 4 is 0 Å². The number of ether oxygens (including phenoxy) is 1. The largest absolute Gasteiger partial charge is 0.497 e. The number of hydrogen-bond acceptors (Lipinski definition) is 3. The zero-order valence-electron chi connectivity index (χ0n) is 10.8. The second kappa shape index (κ2) is 5.17. The summed E-state index contributed by atoms with van der Waals surface area (Å²) in [6.45, 7) is 0. The van der Waals surface area contributed by atoms with Gasteiger partial charge in [0.15, 0.2) is 5.82 Å². The Bertz CT molecular complexity index is 722. The first-order valence-electron chi connectivity index (χ1n) is 6.14. The van der Waals surface area contributed by atoms with Crippen LogP contribution in [-0.4, -0.2) is 12.3 Å². The molecule has 3 nitrogen and oxygen atoms in total. The normalized spacial score (nSPS) is 10.5. The molecule has 0 saturated heterocycles. The van der Waals surface area contributed by atoms with Gasteiger partial charge in [0.25, 0.3) is 0 Å². The van der Waals surface area contributed by atoms with Gasteiger partial charge < -0.3 is 9.26 Å². The molecule has 0 bridgehead atoms. The molecule has 0 atom stereocenters. The van der Waals surface area contributed by atoms with Crippen LogP contribution in [0.1, 0.15) is 0 Å². The standard InChI is InChI=1S/C16H12FNO2/c1-19-13-9-5-8-12(10-13)15-14(17)16(20-18-15)11-6-3-2-4-7-11/h2-10H,1H3. The van der Waals surface area contributed by atoms with Gasteiger partial charge in [-0.1, -0.05) is 47.6 Å². The second-order valence-electron chi connectivity index (χ2n) is 4.27. The van der Waals surface area contributed by atoms with Gasteiger partial charge in [-0.15, -0.1) is 0 Å². The predicted octanol–water partition coefficient (Wildman–Crippen LogP) is 4.16. The van der Waals surface area contributed by atoms with Crippen molar-refractivity contribution in [2.75, 3.05) is 7.11 Å². The molecule has 0 aliphatic carbocycles. The Labute approximate surface area is 115 Å². The summed E-state index contributed by atoms with van der Waals surface area (Å²) in [5.74, 6) is 0.319. The molecule has 3 rings (SSSR count). The smallest absolute Gasteiger partial charge is 0.203 e. The van der Waals surface area contributed by atoms with Crippen molar-refractivity contribution in [3.63, 3.8) is 0 Å². The summed E-state index contributed by atoms with van der Waals surface area (Å²) in [6, 6.07) is 16.1. The topological polar surface area (TPSA) is 35.3 Å². The van der Waals surface area contributed by atoms with Crippen molar-refractivity contribution in [1.29, 1.82) is 0 Å². The SMILES string of the molecule is COc1cccc(-c2noc(-c3ccccc3)c2F)c1. The Kier molecular flexibility index (Phi) is 3.21.